The van der Waals surface area contributed by atoms with Crippen LogP contribution in [0, 0.1) is 6.92 Å². The summed E-state index contributed by atoms with van der Waals surface area (Å²) in [6.07, 6.45) is 3.21. The Labute approximate surface area is 146 Å². The molecule has 3 rings (SSSR count). The Morgan fingerprint density at radius 3 is 2.33 bits per heavy atom. The van der Waals surface area contributed by atoms with E-state index in [9.17, 15) is 8.42 Å². The largest absolute Gasteiger partial charge is 0.472 e. The Morgan fingerprint density at radius 1 is 1.00 bits per heavy atom. The molecule has 0 aliphatic carbocycles. The minimum Gasteiger partial charge on any atom is -0.472 e. The highest BCUT2D eigenvalue weighted by Crippen LogP contribution is 2.31. The van der Waals surface area contributed by atoms with Gasteiger partial charge >= 0.3 is 0 Å². The second kappa shape index (κ2) is 6.34. The number of anilines is 1. The van der Waals surface area contributed by atoms with Crippen LogP contribution in [0.25, 0.3) is 11.1 Å². The quantitative estimate of drug-likeness (QED) is 0.674. The van der Waals surface area contributed by atoms with Crippen LogP contribution >= 0.6 is 11.6 Å². The maximum Gasteiger partial charge on any atom is 0.264 e. The zero-order valence-corrected chi connectivity index (χ0v) is 14.8. The van der Waals surface area contributed by atoms with E-state index in [1.54, 1.807) is 31.7 Å². The van der Waals surface area contributed by atoms with Crippen LogP contribution in [0.5, 0.6) is 0 Å². The first kappa shape index (κ1) is 16.6. The van der Waals surface area contributed by atoms with Gasteiger partial charge in [-0.05, 0) is 54.4 Å². The molecule has 2 aromatic carbocycles. The topological polar surface area (TPSA) is 50.5 Å². The van der Waals surface area contributed by atoms with Gasteiger partial charge in [0.15, 0.2) is 0 Å². The number of nitrogens with zero attached hydrogens (tertiary/aromatic N) is 1. The van der Waals surface area contributed by atoms with Gasteiger partial charge in [-0.15, -0.1) is 0 Å². The van der Waals surface area contributed by atoms with Crippen molar-refractivity contribution in [3.8, 4) is 11.1 Å². The molecule has 6 heteroatoms. The molecule has 0 aliphatic rings. The van der Waals surface area contributed by atoms with Gasteiger partial charge in [-0.25, -0.2) is 8.42 Å². The fraction of sp³-hybridized carbons (Fsp3) is 0.111. The smallest absolute Gasteiger partial charge is 0.264 e. The van der Waals surface area contributed by atoms with Crippen LogP contribution in [0.4, 0.5) is 5.69 Å². The van der Waals surface area contributed by atoms with E-state index in [0.717, 1.165) is 16.7 Å². The van der Waals surface area contributed by atoms with Crippen molar-refractivity contribution in [1.29, 1.82) is 0 Å². The van der Waals surface area contributed by atoms with Crippen LogP contribution in [0.3, 0.4) is 0 Å². The molecule has 1 aromatic heterocycles. The lowest BCUT2D eigenvalue weighted by Gasteiger charge is -2.22. The zero-order valence-electron chi connectivity index (χ0n) is 13.2. The van der Waals surface area contributed by atoms with E-state index in [4.69, 9.17) is 16.0 Å². The first-order chi connectivity index (χ1) is 11.4. The third-order valence-electron chi connectivity index (χ3n) is 3.87. The number of hydrogen-bond acceptors (Lipinski definition) is 3. The summed E-state index contributed by atoms with van der Waals surface area (Å²) in [6, 6.07) is 13.6. The van der Waals surface area contributed by atoms with Crippen molar-refractivity contribution in [3.05, 3.63) is 71.6 Å². The van der Waals surface area contributed by atoms with Crippen LogP contribution < -0.4 is 4.31 Å². The Kier molecular flexibility index (Phi) is 4.39. The summed E-state index contributed by atoms with van der Waals surface area (Å²) in [5, 5.41) is 0.495. The molecule has 0 radical (unpaired) electrons. The highest BCUT2D eigenvalue weighted by molar-refractivity contribution is 7.92. The maximum absolute atomic E-state index is 12.9. The van der Waals surface area contributed by atoms with E-state index in [0.29, 0.717) is 10.7 Å². The second-order valence-electron chi connectivity index (χ2n) is 5.44. The van der Waals surface area contributed by atoms with Gasteiger partial charge in [0.25, 0.3) is 10.0 Å². The fourth-order valence-electron chi connectivity index (χ4n) is 2.45. The van der Waals surface area contributed by atoms with Crippen LogP contribution in [-0.4, -0.2) is 15.5 Å². The molecule has 24 heavy (non-hydrogen) atoms. The number of aryl methyl sites for hydroxylation is 1. The van der Waals surface area contributed by atoms with Crippen molar-refractivity contribution in [2.75, 3.05) is 11.4 Å². The molecule has 4 nitrogen and oxygen atoms in total. The Bertz CT molecular complexity index is 948. The lowest BCUT2D eigenvalue weighted by Crippen LogP contribution is -2.27. The van der Waals surface area contributed by atoms with E-state index in [-0.39, 0.29) is 4.90 Å². The molecule has 0 fully saturated rings. The summed E-state index contributed by atoms with van der Waals surface area (Å²) in [4.78, 5) is 0.197. The van der Waals surface area contributed by atoms with Crippen molar-refractivity contribution in [2.24, 2.45) is 0 Å². The minimum absolute atomic E-state index is 0.197. The molecule has 0 amide bonds. The summed E-state index contributed by atoms with van der Waals surface area (Å²) >= 11 is 5.84. The first-order valence-corrected chi connectivity index (χ1v) is 9.09. The predicted octanol–water partition coefficient (Wildman–Crippen LogP) is 4.73. The van der Waals surface area contributed by atoms with Crippen molar-refractivity contribution >= 4 is 27.3 Å². The molecule has 0 saturated heterocycles. The Hall–Kier alpha value is -2.24. The van der Waals surface area contributed by atoms with Crippen LogP contribution in [0.1, 0.15) is 5.56 Å². The van der Waals surface area contributed by atoms with E-state index in [2.05, 4.69) is 0 Å². The molecule has 0 saturated carbocycles. The van der Waals surface area contributed by atoms with Gasteiger partial charge < -0.3 is 4.42 Å². The van der Waals surface area contributed by atoms with E-state index >= 15 is 0 Å². The minimum atomic E-state index is -3.67. The lowest BCUT2D eigenvalue weighted by molar-refractivity contribution is 0.568. The van der Waals surface area contributed by atoms with Crippen LogP contribution in [-0.2, 0) is 10.0 Å². The summed E-state index contributed by atoms with van der Waals surface area (Å²) in [5.41, 5.74) is 3.27. The molecular formula is C18H16ClNO3S. The fourth-order valence-corrected chi connectivity index (χ4v) is 3.83. The van der Waals surface area contributed by atoms with Crippen LogP contribution in [0.2, 0.25) is 5.02 Å². The number of sulfonamides is 1. The average Bonchev–Trinajstić information content (AvgIpc) is 3.09. The molecule has 0 N–H and O–H groups in total. The van der Waals surface area contributed by atoms with Crippen molar-refractivity contribution < 1.29 is 12.8 Å². The number of halogens is 1. The van der Waals surface area contributed by atoms with E-state index in [1.165, 1.54) is 16.4 Å². The van der Waals surface area contributed by atoms with Crippen molar-refractivity contribution in [3.63, 3.8) is 0 Å². The molecule has 0 bridgehead atoms. The van der Waals surface area contributed by atoms with Gasteiger partial charge in [0.05, 0.1) is 23.1 Å². The molecule has 3 aromatic rings. The van der Waals surface area contributed by atoms with E-state index in [1.807, 2.05) is 31.2 Å². The highest BCUT2D eigenvalue weighted by Gasteiger charge is 2.22. The molecule has 1 heterocycles. The Balaban J connectivity index is 2.04. The maximum atomic E-state index is 12.9. The average molecular weight is 362 g/mol. The molecule has 0 atom stereocenters. The zero-order chi connectivity index (χ0) is 17.3. The van der Waals surface area contributed by atoms with Gasteiger partial charge in [-0.3, -0.25) is 4.31 Å². The van der Waals surface area contributed by atoms with Crippen molar-refractivity contribution in [1.82, 2.24) is 0 Å². The molecule has 0 aliphatic heterocycles. The molecular weight excluding hydrogens is 346 g/mol. The molecule has 0 unspecified atom stereocenters. The Morgan fingerprint density at radius 2 is 1.71 bits per heavy atom. The third kappa shape index (κ3) is 3.05. The van der Waals surface area contributed by atoms with Gasteiger partial charge in [0.1, 0.15) is 0 Å². The standard InChI is InChI=1S/C18H16ClNO3S/c1-13-3-4-14(15-9-10-23-12-15)11-18(13)20(2)24(21,22)17-7-5-16(19)6-8-17/h3-12H,1-2H3. The monoisotopic (exact) mass is 361 g/mol. The normalized spacial score (nSPS) is 11.5. The van der Waals surface area contributed by atoms with E-state index < -0.39 is 10.0 Å². The summed E-state index contributed by atoms with van der Waals surface area (Å²) in [5.74, 6) is 0. The van der Waals surface area contributed by atoms with Gasteiger partial charge in [0.2, 0.25) is 0 Å². The lowest BCUT2D eigenvalue weighted by atomic mass is 10.1. The number of benzene rings is 2. The molecule has 0 spiro atoms. The van der Waals surface area contributed by atoms with Gasteiger partial charge in [-0.1, -0.05) is 23.7 Å². The number of rotatable bonds is 4. The van der Waals surface area contributed by atoms with Crippen molar-refractivity contribution in [2.45, 2.75) is 11.8 Å². The van der Waals surface area contributed by atoms with Gasteiger partial charge in [0, 0.05) is 17.6 Å². The number of hydrogen-bond donors (Lipinski definition) is 0. The highest BCUT2D eigenvalue weighted by atomic mass is 35.5. The molecule has 124 valence electrons. The first-order valence-electron chi connectivity index (χ1n) is 7.27. The second-order valence-corrected chi connectivity index (χ2v) is 7.85. The van der Waals surface area contributed by atoms with Gasteiger partial charge in [-0.2, -0.15) is 0 Å². The third-order valence-corrected chi connectivity index (χ3v) is 5.91. The predicted molar refractivity (Wildman–Crippen MR) is 95.9 cm³/mol. The summed E-state index contributed by atoms with van der Waals surface area (Å²) in [6.45, 7) is 1.88. The SMILES string of the molecule is Cc1ccc(-c2ccoc2)cc1N(C)S(=O)(=O)c1ccc(Cl)cc1. The summed E-state index contributed by atoms with van der Waals surface area (Å²) in [7, 11) is -2.12. The van der Waals surface area contributed by atoms with Crippen LogP contribution in [0.15, 0.2) is 70.4 Å². The summed E-state index contributed by atoms with van der Waals surface area (Å²) < 4.78 is 32.1. The number of furan rings is 1.